The first-order valence-electron chi connectivity index (χ1n) is 9.67. The molecule has 0 atom stereocenters. The molecule has 0 bridgehead atoms. The maximum atomic E-state index is 12.6. The highest BCUT2D eigenvalue weighted by Crippen LogP contribution is 2.28. The van der Waals surface area contributed by atoms with E-state index in [4.69, 9.17) is 11.6 Å². The fraction of sp³-hybridized carbons (Fsp3) is 0.350. The normalized spacial score (nSPS) is 19.7. The number of halogens is 1. The SMILES string of the molecule is CS(=O)(=O)N[C@H]1CC[C@H](Nc2ncc3cc(-c4ccccc4Cl)c(=O)nc-3[nH]2)CC1. The molecule has 2 aliphatic heterocycles. The number of sulfonamides is 1. The van der Waals surface area contributed by atoms with Gasteiger partial charge in [-0.05, 0) is 37.8 Å². The Balaban J connectivity index is 1.50. The smallest absolute Gasteiger partial charge is 0.279 e. The molecule has 1 aromatic rings. The van der Waals surface area contributed by atoms with Crippen LogP contribution in [0.15, 0.2) is 41.3 Å². The van der Waals surface area contributed by atoms with Crippen molar-refractivity contribution in [2.45, 2.75) is 37.8 Å². The van der Waals surface area contributed by atoms with Crippen molar-refractivity contribution >= 4 is 27.6 Å². The lowest BCUT2D eigenvalue weighted by Crippen LogP contribution is -2.39. The van der Waals surface area contributed by atoms with E-state index in [1.54, 1.807) is 24.4 Å². The largest absolute Gasteiger partial charge is 0.353 e. The van der Waals surface area contributed by atoms with E-state index in [2.05, 4.69) is 25.0 Å². The van der Waals surface area contributed by atoms with Crippen LogP contribution in [0.3, 0.4) is 0 Å². The van der Waals surface area contributed by atoms with Crippen molar-refractivity contribution in [3.63, 3.8) is 0 Å². The molecule has 1 fully saturated rings. The molecule has 1 saturated carbocycles. The number of nitrogens with zero attached hydrogens (tertiary/aromatic N) is 2. The lowest BCUT2D eigenvalue weighted by molar-refractivity contribution is 0.387. The van der Waals surface area contributed by atoms with Crippen molar-refractivity contribution in [3.05, 3.63) is 51.9 Å². The molecule has 2 heterocycles. The van der Waals surface area contributed by atoms with Crippen LogP contribution in [0.25, 0.3) is 22.5 Å². The Bertz CT molecular complexity index is 1190. The number of H-pyrrole nitrogens is 1. The summed E-state index contributed by atoms with van der Waals surface area (Å²) in [6, 6.07) is 9.02. The summed E-state index contributed by atoms with van der Waals surface area (Å²) in [5, 5.41) is 3.82. The van der Waals surface area contributed by atoms with Gasteiger partial charge in [-0.15, -0.1) is 0 Å². The van der Waals surface area contributed by atoms with Crippen LogP contribution in [0.2, 0.25) is 5.02 Å². The first kappa shape index (κ1) is 20.8. The summed E-state index contributed by atoms with van der Waals surface area (Å²) in [7, 11) is -3.19. The van der Waals surface area contributed by atoms with Gasteiger partial charge in [0.2, 0.25) is 16.0 Å². The second-order valence-corrected chi connectivity index (χ2v) is 9.76. The fourth-order valence-electron chi connectivity index (χ4n) is 3.79. The summed E-state index contributed by atoms with van der Waals surface area (Å²) in [6.45, 7) is 0. The lowest BCUT2D eigenvalue weighted by Gasteiger charge is -2.29. The van der Waals surface area contributed by atoms with Gasteiger partial charge in [0, 0.05) is 34.4 Å². The third kappa shape index (κ3) is 4.80. The van der Waals surface area contributed by atoms with E-state index in [9.17, 15) is 13.2 Å². The van der Waals surface area contributed by atoms with E-state index in [-0.39, 0.29) is 17.6 Å². The molecule has 0 radical (unpaired) electrons. The number of anilines is 1. The zero-order valence-corrected chi connectivity index (χ0v) is 17.9. The van der Waals surface area contributed by atoms with Gasteiger partial charge in [-0.2, -0.15) is 4.98 Å². The number of hydrogen-bond donors (Lipinski definition) is 3. The van der Waals surface area contributed by atoms with Crippen LogP contribution < -0.4 is 15.6 Å². The molecule has 0 spiro atoms. The lowest BCUT2D eigenvalue weighted by atomic mass is 9.92. The Morgan fingerprint density at radius 2 is 1.80 bits per heavy atom. The molecule has 3 aliphatic rings. The number of nitrogens with one attached hydrogen (secondary N) is 3. The molecule has 0 unspecified atom stereocenters. The topological polar surface area (TPSA) is 117 Å². The summed E-state index contributed by atoms with van der Waals surface area (Å²) in [5.74, 6) is 0.972. The van der Waals surface area contributed by atoms with Gasteiger partial charge in [0.05, 0.1) is 11.8 Å². The fourth-order valence-corrected chi connectivity index (χ4v) is 4.87. The second-order valence-electron chi connectivity index (χ2n) is 7.57. The number of aromatic amines is 1. The molecule has 1 aliphatic carbocycles. The Morgan fingerprint density at radius 1 is 1.10 bits per heavy atom. The minimum atomic E-state index is -3.19. The molecule has 0 amide bonds. The van der Waals surface area contributed by atoms with E-state index < -0.39 is 10.0 Å². The maximum Gasteiger partial charge on any atom is 0.279 e. The minimum absolute atomic E-state index is 0.0282. The van der Waals surface area contributed by atoms with Crippen molar-refractivity contribution < 1.29 is 8.42 Å². The van der Waals surface area contributed by atoms with E-state index >= 15 is 0 Å². The quantitative estimate of drug-likeness (QED) is 0.553. The van der Waals surface area contributed by atoms with Crippen molar-refractivity contribution in [1.82, 2.24) is 19.7 Å². The Kier molecular flexibility index (Phi) is 5.77. The third-order valence-electron chi connectivity index (χ3n) is 5.20. The van der Waals surface area contributed by atoms with Crippen molar-refractivity contribution in [2.24, 2.45) is 0 Å². The van der Waals surface area contributed by atoms with Crippen LogP contribution in [-0.4, -0.2) is 41.7 Å². The van der Waals surface area contributed by atoms with Crippen molar-refractivity contribution in [1.29, 1.82) is 0 Å². The van der Waals surface area contributed by atoms with Gasteiger partial charge in [-0.1, -0.05) is 29.8 Å². The van der Waals surface area contributed by atoms with Gasteiger partial charge >= 0.3 is 0 Å². The number of benzene rings is 1. The first-order chi connectivity index (χ1) is 14.3. The Labute approximate surface area is 179 Å². The van der Waals surface area contributed by atoms with Crippen LogP contribution in [0, 0.1) is 0 Å². The number of hydrogen-bond acceptors (Lipinski definition) is 6. The summed E-state index contributed by atoms with van der Waals surface area (Å²) in [4.78, 5) is 24.2. The number of fused-ring (bicyclic) bond motifs is 1. The van der Waals surface area contributed by atoms with Gasteiger partial charge in [-0.3, -0.25) is 4.79 Å². The van der Waals surface area contributed by atoms with Crippen molar-refractivity contribution in [3.8, 4) is 22.5 Å². The Morgan fingerprint density at radius 3 is 2.50 bits per heavy atom. The summed E-state index contributed by atoms with van der Waals surface area (Å²) < 4.78 is 25.4. The Hall–Kier alpha value is -2.49. The summed E-state index contributed by atoms with van der Waals surface area (Å²) >= 11 is 6.22. The van der Waals surface area contributed by atoms with Crippen LogP contribution >= 0.6 is 11.6 Å². The first-order valence-corrected chi connectivity index (χ1v) is 11.9. The zero-order valence-electron chi connectivity index (χ0n) is 16.4. The number of rotatable bonds is 5. The van der Waals surface area contributed by atoms with E-state index in [1.807, 2.05) is 12.1 Å². The average molecular weight is 448 g/mol. The molecule has 30 heavy (non-hydrogen) atoms. The van der Waals surface area contributed by atoms with Crippen LogP contribution in [0.5, 0.6) is 0 Å². The van der Waals surface area contributed by atoms with Crippen LogP contribution in [0.4, 0.5) is 5.95 Å². The highest BCUT2D eigenvalue weighted by atomic mass is 35.5. The molecule has 3 N–H and O–H groups in total. The van der Waals surface area contributed by atoms with Crippen LogP contribution in [0.1, 0.15) is 25.7 Å². The highest BCUT2D eigenvalue weighted by molar-refractivity contribution is 7.88. The highest BCUT2D eigenvalue weighted by Gasteiger charge is 2.24. The molecule has 1 aromatic carbocycles. The van der Waals surface area contributed by atoms with Crippen molar-refractivity contribution in [2.75, 3.05) is 11.6 Å². The minimum Gasteiger partial charge on any atom is -0.353 e. The molecule has 158 valence electrons. The molecule has 4 rings (SSSR count). The molecular formula is C20H22ClN5O3S. The molecule has 0 saturated heterocycles. The maximum absolute atomic E-state index is 12.6. The zero-order chi connectivity index (χ0) is 21.3. The molecule has 0 aromatic heterocycles. The number of aromatic nitrogens is 3. The molecule has 10 heteroatoms. The average Bonchev–Trinajstić information content (AvgIpc) is 2.68. The standard InChI is InChI=1S/C20H22ClN5O3S/c1-30(28,29)26-14-8-6-13(7-9-14)23-20-22-11-12-10-16(19(27)24-18(12)25-20)15-4-2-3-5-17(15)21/h2-5,10-11,13-14,26H,6-9H2,1H3,(H2,22,23,24,25,27)/t13-,14-. The van der Waals surface area contributed by atoms with Gasteiger partial charge in [0.1, 0.15) is 5.82 Å². The second kappa shape index (κ2) is 8.33. The molecular weight excluding hydrogens is 426 g/mol. The van der Waals surface area contributed by atoms with E-state index in [1.165, 1.54) is 6.26 Å². The predicted molar refractivity (Wildman–Crippen MR) is 117 cm³/mol. The van der Waals surface area contributed by atoms with Gasteiger partial charge in [0.25, 0.3) is 5.56 Å². The van der Waals surface area contributed by atoms with E-state index in [0.29, 0.717) is 33.5 Å². The third-order valence-corrected chi connectivity index (χ3v) is 6.29. The summed E-state index contributed by atoms with van der Waals surface area (Å²) in [5.41, 5.74) is 1.41. The van der Waals surface area contributed by atoms with Gasteiger partial charge in [0.15, 0.2) is 0 Å². The number of pyridine rings is 1. The van der Waals surface area contributed by atoms with Gasteiger partial charge < -0.3 is 10.3 Å². The van der Waals surface area contributed by atoms with Crippen LogP contribution in [-0.2, 0) is 10.0 Å². The monoisotopic (exact) mass is 447 g/mol. The molecule has 8 nitrogen and oxygen atoms in total. The van der Waals surface area contributed by atoms with E-state index in [0.717, 1.165) is 25.7 Å². The van der Waals surface area contributed by atoms with Gasteiger partial charge in [-0.25, -0.2) is 18.1 Å². The predicted octanol–water partition coefficient (Wildman–Crippen LogP) is 2.86. The summed E-state index contributed by atoms with van der Waals surface area (Å²) in [6.07, 6.45) is 5.97.